The number of carboxylic acids is 1. The third-order valence-electron chi connectivity index (χ3n) is 17.4. The number of aromatic nitrogens is 10. The van der Waals surface area contributed by atoms with E-state index >= 15 is 0 Å². The van der Waals surface area contributed by atoms with Gasteiger partial charge in [0.05, 0.1) is 36.2 Å². The molecule has 0 unspecified atom stereocenters. The van der Waals surface area contributed by atoms with E-state index in [2.05, 4.69) is 54.1 Å². The number of aliphatic carboxylic acids is 1. The highest BCUT2D eigenvalue weighted by Crippen LogP contribution is 2.40. The number of rotatable bonds is 16. The third-order valence-corrected chi connectivity index (χ3v) is 19.5. The number of ether oxygens (including phenoxy) is 1. The van der Waals surface area contributed by atoms with Gasteiger partial charge in [0.15, 0.2) is 10.3 Å². The predicted octanol–water partition coefficient (Wildman–Crippen LogP) is 9.85. The molecule has 0 aliphatic carbocycles. The number of halogens is 2. The van der Waals surface area contributed by atoms with Gasteiger partial charge in [-0.3, -0.25) is 18.5 Å². The zero-order valence-electron chi connectivity index (χ0n) is 55.9. The molecule has 26 nitrogen and oxygen atoms in total. The molecule has 4 atom stereocenters. The fourth-order valence-corrected chi connectivity index (χ4v) is 14.0. The number of imidazole rings is 2. The van der Waals surface area contributed by atoms with E-state index < -0.39 is 35.9 Å². The second-order valence-corrected chi connectivity index (χ2v) is 27.8. The van der Waals surface area contributed by atoms with Crippen LogP contribution >= 0.6 is 22.7 Å². The summed E-state index contributed by atoms with van der Waals surface area (Å²) in [5.41, 5.74) is 14.6. The number of nitriles is 2. The fraction of sp³-hybridized carbons (Fsp3) is 0.366. The molecule has 4 aliphatic rings. The maximum absolute atomic E-state index is 13.5. The highest BCUT2D eigenvalue weighted by atomic mass is 32.1. The number of aliphatic hydroxyl groups excluding tert-OH is 2. The molecule has 524 valence electrons. The number of likely N-dealkylation sites (tertiary alicyclic amines) is 1. The Hall–Kier alpha value is -10.5. The number of β-amino-alcohol motifs (C(OH)–C–C–N with tert-alkyl or cyclic N) is 2. The summed E-state index contributed by atoms with van der Waals surface area (Å²) in [5, 5.41) is 51.9. The van der Waals surface area contributed by atoms with E-state index in [0.29, 0.717) is 86.7 Å². The highest BCUT2D eigenvalue weighted by molar-refractivity contribution is 7.17. The smallest absolute Gasteiger partial charge is 0.411 e. The molecule has 2 aromatic carbocycles. The number of amides is 1. The number of nitrogens with zero attached hydrogens (tertiary/aromatic N) is 17. The topological polar surface area (TPSA) is 335 Å². The van der Waals surface area contributed by atoms with Crippen LogP contribution in [-0.4, -0.2) is 176 Å². The van der Waals surface area contributed by atoms with E-state index in [1.807, 2.05) is 101 Å². The second kappa shape index (κ2) is 30.2. The minimum absolute atomic E-state index is 0. The lowest BCUT2D eigenvalue weighted by Gasteiger charge is -2.39. The Kier molecular flexibility index (Phi) is 21.4. The number of ketones is 1. The first-order valence-electron chi connectivity index (χ1n) is 32.5. The Morgan fingerprint density at radius 1 is 0.653 bits per heavy atom. The van der Waals surface area contributed by atoms with Crippen molar-refractivity contribution in [2.75, 3.05) is 73.0 Å². The van der Waals surface area contributed by atoms with Gasteiger partial charge in [0.2, 0.25) is 11.9 Å². The van der Waals surface area contributed by atoms with Crippen LogP contribution in [0, 0.1) is 40.2 Å². The van der Waals surface area contributed by atoms with Gasteiger partial charge in [-0.25, -0.2) is 58.2 Å². The quantitative estimate of drug-likeness (QED) is 0.0600. The number of benzene rings is 2. The van der Waals surface area contributed by atoms with E-state index in [-0.39, 0.29) is 55.8 Å². The molecule has 0 spiro atoms. The average molecular weight is 1410 g/mol. The van der Waals surface area contributed by atoms with Crippen molar-refractivity contribution >= 4 is 85.6 Å². The average Bonchev–Trinajstić information content (AvgIpc) is 1.66. The van der Waals surface area contributed by atoms with Crippen molar-refractivity contribution in [2.24, 2.45) is 11.7 Å². The van der Waals surface area contributed by atoms with Gasteiger partial charge in [0.25, 0.3) is 0 Å². The number of nitrogens with one attached hydrogen (secondary N) is 1. The Bertz CT molecular complexity index is 4730. The molecular formula is C71H77F2N19O7S2. The van der Waals surface area contributed by atoms with Crippen molar-refractivity contribution in [3.8, 4) is 56.9 Å². The van der Waals surface area contributed by atoms with E-state index in [0.717, 1.165) is 87.7 Å². The minimum Gasteiger partial charge on any atom is -0.480 e. The Morgan fingerprint density at radius 3 is 1.50 bits per heavy atom. The van der Waals surface area contributed by atoms with Crippen LogP contribution in [-0.2, 0) is 27.2 Å². The molecule has 10 aromatic rings. The number of carbonyl (C=O) groups excluding carboxylic acids is 2. The maximum Gasteiger partial charge on any atom is 0.411 e. The summed E-state index contributed by atoms with van der Waals surface area (Å²) in [5.74, 6) is 1.63. The molecule has 4 fully saturated rings. The van der Waals surface area contributed by atoms with Crippen LogP contribution in [0.15, 0.2) is 110 Å². The molecule has 12 heterocycles. The maximum atomic E-state index is 13.5. The summed E-state index contributed by atoms with van der Waals surface area (Å²) in [6, 6.07) is 23.4. The minimum atomic E-state index is -1.12. The zero-order valence-corrected chi connectivity index (χ0v) is 57.5. The number of hydrogen-bond acceptors (Lipinski definition) is 24. The second-order valence-electron chi connectivity index (χ2n) is 25.8. The normalized spacial score (nSPS) is 17.4. The number of fused-ring (bicyclic) bond motifs is 2. The Morgan fingerprint density at radius 2 is 1.10 bits per heavy atom. The molecule has 1 amide bonds. The summed E-state index contributed by atoms with van der Waals surface area (Å²) in [4.78, 5) is 82.6. The largest absolute Gasteiger partial charge is 0.480 e. The molecule has 8 aromatic heterocycles. The fourth-order valence-electron chi connectivity index (χ4n) is 12.3. The van der Waals surface area contributed by atoms with Crippen LogP contribution in [0.4, 0.5) is 47.4 Å². The lowest BCUT2D eigenvalue weighted by molar-refractivity contribution is -0.142. The number of carbonyl (C=O) groups is 3. The highest BCUT2D eigenvalue weighted by Gasteiger charge is 2.41. The molecule has 30 heteroatoms. The summed E-state index contributed by atoms with van der Waals surface area (Å²) >= 11 is 2.57. The first kappa shape index (κ1) is 71.8. The molecule has 0 radical (unpaired) electrons. The number of carboxylic acid groups (broad SMARTS) is 1. The van der Waals surface area contributed by atoms with Gasteiger partial charge in [0.1, 0.15) is 85.3 Å². The van der Waals surface area contributed by atoms with Crippen molar-refractivity contribution in [3.05, 3.63) is 143 Å². The number of nitrogens with two attached hydrogens (primary N) is 1. The summed E-state index contributed by atoms with van der Waals surface area (Å²) in [7, 11) is 3.82. The first-order chi connectivity index (χ1) is 48.0. The summed E-state index contributed by atoms with van der Waals surface area (Å²) in [6.45, 7) is 12.7. The summed E-state index contributed by atoms with van der Waals surface area (Å²) < 4.78 is 36.1. The van der Waals surface area contributed by atoms with Crippen LogP contribution in [0.1, 0.15) is 82.4 Å². The number of Topliss-reactive ketones (excluding diaryl/α,β-unsaturated/α-hetero) is 1. The number of hydrogen-bond donors (Lipinski definition) is 5. The van der Waals surface area contributed by atoms with Crippen molar-refractivity contribution in [1.29, 1.82) is 10.5 Å². The van der Waals surface area contributed by atoms with E-state index in [9.17, 15) is 43.9 Å². The van der Waals surface area contributed by atoms with Crippen LogP contribution in [0.5, 0.6) is 0 Å². The molecular weight excluding hydrogens is 1330 g/mol. The lowest BCUT2D eigenvalue weighted by atomic mass is 9.91. The molecule has 4 aliphatic heterocycles. The van der Waals surface area contributed by atoms with Crippen molar-refractivity contribution in [3.63, 3.8) is 0 Å². The molecule has 0 saturated carbocycles. The van der Waals surface area contributed by atoms with Crippen LogP contribution in [0.2, 0.25) is 0 Å². The van der Waals surface area contributed by atoms with E-state index in [1.54, 1.807) is 45.0 Å². The van der Waals surface area contributed by atoms with Crippen LogP contribution < -0.4 is 30.7 Å². The van der Waals surface area contributed by atoms with Crippen molar-refractivity contribution in [1.82, 2.24) is 58.9 Å². The van der Waals surface area contributed by atoms with Gasteiger partial charge in [-0.1, -0.05) is 43.9 Å². The van der Waals surface area contributed by atoms with Gasteiger partial charge in [-0.15, -0.1) is 0 Å². The monoisotopic (exact) mass is 1410 g/mol. The van der Waals surface area contributed by atoms with Crippen LogP contribution in [0.3, 0.4) is 0 Å². The molecule has 14 rings (SSSR count). The Balaban J connectivity index is 0.000000168. The third kappa shape index (κ3) is 15.6. The van der Waals surface area contributed by atoms with Gasteiger partial charge in [-0.05, 0) is 113 Å². The van der Waals surface area contributed by atoms with E-state index in [1.165, 1.54) is 46.9 Å². The molecule has 6 N–H and O–H groups in total. The van der Waals surface area contributed by atoms with Crippen LogP contribution in [0.25, 0.3) is 56.1 Å². The lowest BCUT2D eigenvalue weighted by Crippen LogP contribution is -2.56. The number of thiazole rings is 2. The standard InChI is InChI=1S/C33H32FN9O2S.C27H24FN9S.C10H17NO5.CH4/c1-3-25-31(41(2)33-40-30(28(12-35)46-33)20-4-7-23(34)8-5-20)43-18-21(6-9-29(43)39-25)22-13-37-32(38-14-22)42-16-19(17-42)10-27(45)26-11-24(44)15-36-26;1-3-21-25(35(2)27-34-24(22(10-29)38-27)16-4-7-19(28)8-5-16)37-13-17(6-9-23(37)33-21)18-11-31-26(32-12-18)36-14-20(30)15-36;1-10(2,3)16-9(15)11-5-6(12)4-7(11)8(13)14;/h4-9,13-14,18-19,24,26,36,44H,3,10-11,15-17H2,1-2H3;4-9,11-13,20H,3,14-15,30H2,1-2H3;6-7,12H,4-5H2,1-3H3,(H,13,14);1H4/t24-,26-;;6-,7-;/m1.1./s1. The van der Waals surface area contributed by atoms with Gasteiger partial charge in [-0.2, -0.15) is 10.5 Å². The van der Waals surface area contributed by atoms with Crippen molar-refractivity contribution < 1.29 is 43.2 Å². The van der Waals surface area contributed by atoms with Gasteiger partial charge < -0.3 is 50.7 Å². The number of pyridine rings is 2. The number of aliphatic hydroxyl groups is 2. The van der Waals surface area contributed by atoms with Crippen molar-refractivity contribution in [2.45, 2.75) is 110 Å². The summed E-state index contributed by atoms with van der Waals surface area (Å²) in [6.07, 6.45) is 11.8. The number of aryl methyl sites for hydroxylation is 2. The zero-order chi connectivity index (χ0) is 70.8. The molecule has 0 bridgehead atoms. The number of anilines is 6. The first-order valence-corrected chi connectivity index (χ1v) is 34.2. The van der Waals surface area contributed by atoms with Gasteiger partial charge in [0, 0.05) is 142 Å². The molecule has 4 saturated heterocycles. The SMILES string of the molecule is C.CC(C)(C)OC(=O)N1C[C@H](O)C[C@@H]1C(=O)O.CCc1nc2ccc(-c3cnc(N4CC(CC(=O)[C@H]5C[C@@H](O)CN5)C4)nc3)cn2c1N(C)c1nc(-c2ccc(F)cc2)c(C#N)s1.CCc1nc2ccc(-c3cnc(N4CC(N)C4)nc3)cn2c1N(C)c1nc(-c2ccc(F)cc2)c(C#N)s1. The Labute approximate surface area is 589 Å². The van der Waals surface area contributed by atoms with Gasteiger partial charge >= 0.3 is 12.1 Å². The predicted molar refractivity (Wildman–Crippen MR) is 381 cm³/mol. The van der Waals surface area contributed by atoms with E-state index in [4.69, 9.17) is 35.5 Å². The molecule has 101 heavy (non-hydrogen) atoms.